The Morgan fingerprint density at radius 3 is 2.89 bits per heavy atom. The van der Waals surface area contributed by atoms with E-state index in [2.05, 4.69) is 10.5 Å². The quantitative estimate of drug-likeness (QED) is 0.332. The number of hydrogen-bond acceptors (Lipinski definition) is 3. The Labute approximate surface area is 111 Å². The molecule has 0 saturated heterocycles. The molecule has 1 aromatic rings. The third-order valence-electron chi connectivity index (χ3n) is 2.46. The van der Waals surface area contributed by atoms with Gasteiger partial charge in [0.1, 0.15) is 0 Å². The first-order valence-electron chi connectivity index (χ1n) is 5.62. The predicted molar refractivity (Wildman–Crippen MR) is 71.9 cm³/mol. The molecule has 0 fully saturated rings. The van der Waals surface area contributed by atoms with Crippen molar-refractivity contribution in [1.82, 2.24) is 0 Å². The first-order chi connectivity index (χ1) is 8.58. The third-order valence-corrected chi connectivity index (χ3v) is 2.69. The van der Waals surface area contributed by atoms with Crippen molar-refractivity contribution in [2.75, 3.05) is 5.32 Å². The third kappa shape index (κ3) is 3.92. The van der Waals surface area contributed by atoms with Gasteiger partial charge in [-0.25, -0.2) is 0 Å². The molecule has 0 aliphatic rings. The van der Waals surface area contributed by atoms with E-state index in [1.807, 2.05) is 6.92 Å². The van der Waals surface area contributed by atoms with Crippen molar-refractivity contribution in [3.8, 4) is 0 Å². The van der Waals surface area contributed by atoms with E-state index in [0.29, 0.717) is 17.1 Å². The molecule has 5 nitrogen and oxygen atoms in total. The van der Waals surface area contributed by atoms with Gasteiger partial charge in [0.2, 0.25) is 5.91 Å². The molecule has 18 heavy (non-hydrogen) atoms. The monoisotopic (exact) mass is 269 g/mol. The van der Waals surface area contributed by atoms with Gasteiger partial charge in [0.15, 0.2) is 5.84 Å². The highest BCUT2D eigenvalue weighted by Crippen LogP contribution is 2.17. The SMILES string of the molecule is CCCC(C(=O)Nc1cccc(Cl)c1)/C(N)=N/O. The van der Waals surface area contributed by atoms with Gasteiger partial charge in [-0.1, -0.05) is 36.2 Å². The van der Waals surface area contributed by atoms with Crippen LogP contribution in [0.4, 0.5) is 5.69 Å². The Bertz CT molecular complexity index is 449. The molecule has 0 spiro atoms. The highest BCUT2D eigenvalue weighted by molar-refractivity contribution is 6.30. The van der Waals surface area contributed by atoms with E-state index < -0.39 is 5.92 Å². The Kier molecular flexibility index (Phi) is 5.45. The molecule has 4 N–H and O–H groups in total. The molecule has 0 saturated carbocycles. The van der Waals surface area contributed by atoms with Crippen LogP contribution < -0.4 is 11.1 Å². The summed E-state index contributed by atoms with van der Waals surface area (Å²) in [6.07, 6.45) is 1.27. The summed E-state index contributed by atoms with van der Waals surface area (Å²) in [7, 11) is 0. The molecule has 1 atom stereocenters. The number of nitrogens with zero attached hydrogens (tertiary/aromatic N) is 1. The van der Waals surface area contributed by atoms with Gasteiger partial charge >= 0.3 is 0 Å². The van der Waals surface area contributed by atoms with Crippen molar-refractivity contribution in [2.45, 2.75) is 19.8 Å². The Hall–Kier alpha value is -1.75. The van der Waals surface area contributed by atoms with Gasteiger partial charge in [-0.2, -0.15) is 0 Å². The van der Waals surface area contributed by atoms with Gasteiger partial charge in [0, 0.05) is 10.7 Å². The second-order valence-electron chi connectivity index (χ2n) is 3.87. The van der Waals surface area contributed by atoms with Gasteiger partial charge in [0.05, 0.1) is 5.92 Å². The summed E-state index contributed by atoms with van der Waals surface area (Å²) in [5, 5.41) is 14.8. The van der Waals surface area contributed by atoms with E-state index in [9.17, 15) is 4.79 Å². The van der Waals surface area contributed by atoms with Crippen LogP contribution in [0.5, 0.6) is 0 Å². The lowest BCUT2D eigenvalue weighted by Crippen LogP contribution is -2.34. The number of oxime groups is 1. The van der Waals surface area contributed by atoms with E-state index in [0.717, 1.165) is 6.42 Å². The van der Waals surface area contributed by atoms with Crippen molar-refractivity contribution in [2.24, 2.45) is 16.8 Å². The number of carbonyl (C=O) groups is 1. The highest BCUT2D eigenvalue weighted by atomic mass is 35.5. The maximum absolute atomic E-state index is 12.0. The van der Waals surface area contributed by atoms with E-state index in [1.54, 1.807) is 24.3 Å². The summed E-state index contributed by atoms with van der Waals surface area (Å²) >= 11 is 5.82. The minimum Gasteiger partial charge on any atom is -0.409 e. The fourth-order valence-corrected chi connectivity index (χ4v) is 1.76. The smallest absolute Gasteiger partial charge is 0.235 e. The van der Waals surface area contributed by atoms with Crippen LogP contribution in [0.2, 0.25) is 5.02 Å². The zero-order valence-electron chi connectivity index (χ0n) is 10.1. The van der Waals surface area contributed by atoms with Crippen LogP contribution in [0.25, 0.3) is 0 Å². The summed E-state index contributed by atoms with van der Waals surface area (Å²) in [5.74, 6) is -1.04. The zero-order valence-corrected chi connectivity index (χ0v) is 10.8. The average molecular weight is 270 g/mol. The Morgan fingerprint density at radius 1 is 1.61 bits per heavy atom. The predicted octanol–water partition coefficient (Wildman–Crippen LogP) is 2.44. The number of anilines is 1. The molecule has 0 aliphatic heterocycles. The van der Waals surface area contributed by atoms with Gasteiger partial charge in [-0.15, -0.1) is 0 Å². The minimum absolute atomic E-state index is 0.0867. The van der Waals surface area contributed by atoms with Crippen LogP contribution in [0.1, 0.15) is 19.8 Å². The lowest BCUT2D eigenvalue weighted by atomic mass is 10.0. The summed E-state index contributed by atoms with van der Waals surface area (Å²) in [4.78, 5) is 12.0. The Morgan fingerprint density at radius 2 is 2.33 bits per heavy atom. The minimum atomic E-state index is -0.640. The van der Waals surface area contributed by atoms with Crippen LogP contribution >= 0.6 is 11.6 Å². The number of hydrogen-bond donors (Lipinski definition) is 3. The second kappa shape index (κ2) is 6.86. The molecule has 0 radical (unpaired) electrons. The van der Waals surface area contributed by atoms with Gasteiger partial charge in [-0.05, 0) is 24.6 Å². The molecule has 1 rings (SSSR count). The largest absolute Gasteiger partial charge is 0.409 e. The number of benzene rings is 1. The molecule has 6 heteroatoms. The first-order valence-corrected chi connectivity index (χ1v) is 6.00. The summed E-state index contributed by atoms with van der Waals surface area (Å²) in [6, 6.07) is 6.80. The van der Waals surface area contributed by atoms with Crippen molar-refractivity contribution < 1.29 is 10.0 Å². The van der Waals surface area contributed by atoms with Crippen LogP contribution in [-0.2, 0) is 4.79 Å². The van der Waals surface area contributed by atoms with Gasteiger partial charge < -0.3 is 16.3 Å². The van der Waals surface area contributed by atoms with E-state index in [-0.39, 0.29) is 11.7 Å². The van der Waals surface area contributed by atoms with Gasteiger partial charge in [-0.3, -0.25) is 4.79 Å². The molecule has 0 heterocycles. The lowest BCUT2D eigenvalue weighted by molar-refractivity contribution is -0.118. The van der Waals surface area contributed by atoms with Crippen molar-refractivity contribution in [3.05, 3.63) is 29.3 Å². The lowest BCUT2D eigenvalue weighted by Gasteiger charge is -2.14. The Balaban J connectivity index is 2.79. The average Bonchev–Trinajstić information content (AvgIpc) is 2.35. The molecule has 98 valence electrons. The fraction of sp³-hybridized carbons (Fsp3) is 0.333. The van der Waals surface area contributed by atoms with E-state index >= 15 is 0 Å². The van der Waals surface area contributed by atoms with Crippen LogP contribution in [0, 0.1) is 5.92 Å². The number of rotatable bonds is 5. The maximum atomic E-state index is 12.0. The molecule has 0 aliphatic carbocycles. The standard InChI is InChI=1S/C12H16ClN3O2/c1-2-4-10(11(14)16-18)12(17)15-9-6-3-5-8(13)7-9/h3,5-7,10,18H,2,4H2,1H3,(H2,14,16)(H,15,17). The maximum Gasteiger partial charge on any atom is 0.235 e. The molecule has 1 aromatic carbocycles. The van der Waals surface area contributed by atoms with Crippen LogP contribution in [0.3, 0.4) is 0 Å². The molecule has 1 unspecified atom stereocenters. The highest BCUT2D eigenvalue weighted by Gasteiger charge is 2.22. The number of amidine groups is 1. The van der Waals surface area contributed by atoms with Crippen molar-refractivity contribution in [3.63, 3.8) is 0 Å². The van der Waals surface area contributed by atoms with Crippen LogP contribution in [-0.4, -0.2) is 17.0 Å². The molecule has 0 bridgehead atoms. The number of amides is 1. The van der Waals surface area contributed by atoms with E-state index in [1.165, 1.54) is 0 Å². The number of nitrogens with two attached hydrogens (primary N) is 1. The molecule has 1 amide bonds. The van der Waals surface area contributed by atoms with Crippen molar-refractivity contribution >= 4 is 29.0 Å². The zero-order chi connectivity index (χ0) is 13.5. The van der Waals surface area contributed by atoms with Crippen molar-refractivity contribution in [1.29, 1.82) is 0 Å². The summed E-state index contributed by atoms with van der Waals surface area (Å²) < 4.78 is 0. The molecular weight excluding hydrogens is 254 g/mol. The second-order valence-corrected chi connectivity index (χ2v) is 4.30. The summed E-state index contributed by atoms with van der Waals surface area (Å²) in [5.41, 5.74) is 6.08. The summed E-state index contributed by atoms with van der Waals surface area (Å²) in [6.45, 7) is 1.92. The van der Waals surface area contributed by atoms with Gasteiger partial charge in [0.25, 0.3) is 0 Å². The number of carbonyl (C=O) groups excluding carboxylic acids is 1. The number of halogens is 1. The molecular formula is C12H16ClN3O2. The number of nitrogens with one attached hydrogen (secondary N) is 1. The van der Waals surface area contributed by atoms with Crippen LogP contribution in [0.15, 0.2) is 29.4 Å². The molecule has 0 aromatic heterocycles. The first kappa shape index (κ1) is 14.3. The topological polar surface area (TPSA) is 87.7 Å². The fourth-order valence-electron chi connectivity index (χ4n) is 1.57. The van der Waals surface area contributed by atoms with E-state index in [4.69, 9.17) is 22.5 Å². The normalized spacial score (nSPS) is 13.1.